The summed E-state index contributed by atoms with van der Waals surface area (Å²) in [5, 5.41) is -0.258. The van der Waals surface area contributed by atoms with Crippen LogP contribution in [0.5, 0.6) is 0 Å². The highest BCUT2D eigenvalue weighted by molar-refractivity contribution is 7.67. The molecular formula is C33H51OP. The van der Waals surface area contributed by atoms with E-state index in [1.807, 2.05) is 0 Å². The van der Waals surface area contributed by atoms with E-state index in [0.29, 0.717) is 29.1 Å². The van der Waals surface area contributed by atoms with Crippen LogP contribution in [0.2, 0.25) is 0 Å². The van der Waals surface area contributed by atoms with Crippen molar-refractivity contribution in [2.45, 2.75) is 129 Å². The Morgan fingerprint density at radius 3 is 1.69 bits per heavy atom. The summed E-state index contributed by atoms with van der Waals surface area (Å²) in [4.78, 5) is 0. The Morgan fingerprint density at radius 1 is 0.743 bits per heavy atom. The Balaban J connectivity index is 2.07. The van der Waals surface area contributed by atoms with Crippen molar-refractivity contribution < 1.29 is 4.57 Å². The molecule has 0 N–H and O–H groups in total. The average Bonchev–Trinajstić information content (AvgIpc) is 2.88. The zero-order valence-corrected chi connectivity index (χ0v) is 24.4. The molecule has 0 heterocycles. The lowest BCUT2D eigenvalue weighted by Gasteiger charge is -2.56. The Hall–Kier alpha value is -1.07. The molecule has 1 atom stereocenters. The molecule has 1 nitrogen and oxygen atoms in total. The summed E-state index contributed by atoms with van der Waals surface area (Å²) in [5.74, 6) is 1.26. The Morgan fingerprint density at radius 2 is 1.26 bits per heavy atom. The van der Waals surface area contributed by atoms with E-state index in [2.05, 4.69) is 78.0 Å². The Labute approximate surface area is 216 Å². The fraction of sp³-hybridized carbons (Fsp3) is 0.697. The first-order valence-corrected chi connectivity index (χ1v) is 16.7. The summed E-state index contributed by atoms with van der Waals surface area (Å²) in [6.45, 7) is 14.3. The SMILES string of the molecule is CC(C)C1=CC(C(C)C)=C(c2ccccc2)C(C(C)C)(P(=O)(C2CCCCC2)C2CCCCC2)C1. The van der Waals surface area contributed by atoms with Crippen LogP contribution in [0.3, 0.4) is 0 Å². The van der Waals surface area contributed by atoms with Gasteiger partial charge in [0.25, 0.3) is 0 Å². The predicted molar refractivity (Wildman–Crippen MR) is 155 cm³/mol. The van der Waals surface area contributed by atoms with Gasteiger partial charge >= 0.3 is 0 Å². The van der Waals surface area contributed by atoms with Gasteiger partial charge in [-0.1, -0.05) is 122 Å². The van der Waals surface area contributed by atoms with Gasteiger partial charge < -0.3 is 4.57 Å². The van der Waals surface area contributed by atoms with Crippen LogP contribution in [0.4, 0.5) is 0 Å². The molecular weight excluding hydrogens is 443 g/mol. The maximum absolute atomic E-state index is 16.5. The molecule has 0 aromatic heterocycles. The third-order valence-corrected chi connectivity index (χ3v) is 15.1. The van der Waals surface area contributed by atoms with Gasteiger partial charge in [-0.05, 0) is 66.6 Å². The van der Waals surface area contributed by atoms with E-state index in [9.17, 15) is 0 Å². The predicted octanol–water partition coefficient (Wildman–Crippen LogP) is 10.5. The molecule has 35 heavy (non-hydrogen) atoms. The molecule has 194 valence electrons. The van der Waals surface area contributed by atoms with Gasteiger partial charge in [0.1, 0.15) is 7.14 Å². The number of allylic oxidation sites excluding steroid dienone is 4. The summed E-state index contributed by atoms with van der Waals surface area (Å²) >= 11 is 0. The van der Waals surface area contributed by atoms with Gasteiger partial charge in [0.2, 0.25) is 0 Å². The van der Waals surface area contributed by atoms with Gasteiger partial charge in [0, 0.05) is 11.3 Å². The maximum Gasteiger partial charge on any atom is 0.104 e. The van der Waals surface area contributed by atoms with Gasteiger partial charge in [-0.15, -0.1) is 0 Å². The van der Waals surface area contributed by atoms with Gasteiger partial charge in [-0.25, -0.2) is 0 Å². The standard InChI is InChI=1S/C33H51OP/c1-24(2)28-22-31(25(3)4)32(27-16-10-7-11-17-27)33(23-28,26(5)6)35(34,29-18-12-8-13-19-29)30-20-14-9-15-21-30/h7,10-11,16-17,22,24-26,29-30H,8-9,12-15,18-21,23H2,1-6H3. The van der Waals surface area contributed by atoms with Crippen molar-refractivity contribution in [2.24, 2.45) is 17.8 Å². The molecule has 3 aliphatic carbocycles. The molecule has 2 fully saturated rings. The van der Waals surface area contributed by atoms with Crippen LogP contribution in [-0.4, -0.2) is 16.5 Å². The van der Waals surface area contributed by atoms with Gasteiger partial charge in [-0.3, -0.25) is 0 Å². The average molecular weight is 495 g/mol. The molecule has 0 amide bonds. The zero-order valence-electron chi connectivity index (χ0n) is 23.5. The molecule has 4 rings (SSSR count). The number of hydrogen-bond donors (Lipinski definition) is 0. The third-order valence-electron chi connectivity index (χ3n) is 9.78. The van der Waals surface area contributed by atoms with E-state index in [1.165, 1.54) is 86.5 Å². The fourth-order valence-corrected chi connectivity index (χ4v) is 13.9. The first kappa shape index (κ1) is 27.0. The fourth-order valence-electron chi connectivity index (χ4n) is 7.89. The second-order valence-corrected chi connectivity index (χ2v) is 16.5. The summed E-state index contributed by atoms with van der Waals surface area (Å²) in [6.07, 6.45) is 16.0. The highest BCUT2D eigenvalue weighted by Crippen LogP contribution is 2.78. The Bertz CT molecular complexity index is 932. The molecule has 2 saturated carbocycles. The first-order valence-electron chi connectivity index (χ1n) is 14.8. The molecule has 1 aromatic carbocycles. The van der Waals surface area contributed by atoms with Crippen molar-refractivity contribution in [3.63, 3.8) is 0 Å². The van der Waals surface area contributed by atoms with E-state index in [1.54, 1.807) is 0 Å². The highest BCUT2D eigenvalue weighted by atomic mass is 31.2. The minimum absolute atomic E-state index is 0.258. The molecule has 0 aliphatic heterocycles. The summed E-state index contributed by atoms with van der Waals surface area (Å²) in [5.41, 5.74) is 6.60. The van der Waals surface area contributed by atoms with Crippen molar-refractivity contribution in [3.8, 4) is 0 Å². The smallest absolute Gasteiger partial charge is 0.104 e. The van der Waals surface area contributed by atoms with Crippen molar-refractivity contribution >= 4 is 12.7 Å². The molecule has 1 unspecified atom stereocenters. The topological polar surface area (TPSA) is 17.1 Å². The quantitative estimate of drug-likeness (QED) is 0.344. The lowest BCUT2D eigenvalue weighted by Crippen LogP contribution is -2.47. The Kier molecular flexibility index (Phi) is 8.58. The molecule has 0 saturated heterocycles. The minimum atomic E-state index is -2.61. The van der Waals surface area contributed by atoms with Gasteiger partial charge in [-0.2, -0.15) is 0 Å². The highest BCUT2D eigenvalue weighted by Gasteiger charge is 2.60. The van der Waals surface area contributed by atoms with Crippen LogP contribution >= 0.6 is 7.14 Å². The van der Waals surface area contributed by atoms with Crippen LogP contribution < -0.4 is 0 Å². The summed E-state index contributed by atoms with van der Waals surface area (Å²) in [6, 6.07) is 11.2. The third kappa shape index (κ3) is 4.81. The van der Waals surface area contributed by atoms with Crippen molar-refractivity contribution in [1.29, 1.82) is 0 Å². The van der Waals surface area contributed by atoms with Crippen LogP contribution in [0.15, 0.2) is 47.6 Å². The number of rotatable bonds is 7. The molecule has 0 bridgehead atoms. The molecule has 2 heteroatoms. The van der Waals surface area contributed by atoms with E-state index >= 15 is 4.57 Å². The van der Waals surface area contributed by atoms with E-state index in [0.717, 1.165) is 6.42 Å². The lowest BCUT2D eigenvalue weighted by molar-refractivity contribution is 0.395. The second kappa shape index (κ2) is 11.1. The van der Waals surface area contributed by atoms with E-state index < -0.39 is 7.14 Å². The van der Waals surface area contributed by atoms with Gasteiger partial charge in [0.05, 0.1) is 5.16 Å². The van der Waals surface area contributed by atoms with Crippen molar-refractivity contribution in [1.82, 2.24) is 0 Å². The molecule has 3 aliphatic rings. The summed E-state index contributed by atoms with van der Waals surface area (Å²) < 4.78 is 16.5. The number of benzene rings is 1. The first-order chi connectivity index (χ1) is 16.7. The van der Waals surface area contributed by atoms with Crippen LogP contribution in [0, 0.1) is 17.8 Å². The second-order valence-electron chi connectivity index (χ2n) is 12.8. The van der Waals surface area contributed by atoms with Crippen molar-refractivity contribution in [2.75, 3.05) is 0 Å². The molecule has 1 aromatic rings. The summed E-state index contributed by atoms with van der Waals surface area (Å²) in [7, 11) is -2.61. The minimum Gasteiger partial charge on any atom is -0.322 e. The molecule has 0 spiro atoms. The van der Waals surface area contributed by atoms with E-state index in [4.69, 9.17) is 0 Å². The van der Waals surface area contributed by atoms with Crippen LogP contribution in [0.25, 0.3) is 5.57 Å². The van der Waals surface area contributed by atoms with Crippen LogP contribution in [-0.2, 0) is 4.57 Å². The van der Waals surface area contributed by atoms with Crippen molar-refractivity contribution in [3.05, 3.63) is 53.1 Å². The normalized spacial score (nSPS) is 25.6. The molecule has 0 radical (unpaired) electrons. The monoisotopic (exact) mass is 494 g/mol. The van der Waals surface area contributed by atoms with Crippen LogP contribution in [0.1, 0.15) is 118 Å². The zero-order chi connectivity index (χ0) is 25.2. The van der Waals surface area contributed by atoms with Gasteiger partial charge in [0.15, 0.2) is 0 Å². The van der Waals surface area contributed by atoms with E-state index in [-0.39, 0.29) is 5.16 Å². The maximum atomic E-state index is 16.5. The lowest BCUT2D eigenvalue weighted by atomic mass is 9.69. The number of hydrogen-bond acceptors (Lipinski definition) is 1. The largest absolute Gasteiger partial charge is 0.322 e.